The Bertz CT molecular complexity index is 624. The smallest absolute Gasteiger partial charge is 0.335 e. The molecule has 2 aliphatic rings. The second-order valence-corrected chi connectivity index (χ2v) is 7.18. The van der Waals surface area contributed by atoms with E-state index < -0.39 is 5.97 Å². The number of nitrogens with zero attached hydrogens (tertiary/aromatic N) is 1. The van der Waals surface area contributed by atoms with Crippen molar-refractivity contribution >= 4 is 11.9 Å². The molecule has 130 valence electrons. The molecule has 0 spiro atoms. The third-order valence-electron chi connectivity index (χ3n) is 5.46. The minimum Gasteiger partial charge on any atom is -0.478 e. The zero-order chi connectivity index (χ0) is 17.2. The number of carbonyl (C=O) groups is 2. The summed E-state index contributed by atoms with van der Waals surface area (Å²) < 4.78 is 5.28. The van der Waals surface area contributed by atoms with Crippen molar-refractivity contribution in [2.24, 2.45) is 11.3 Å². The fourth-order valence-electron chi connectivity index (χ4n) is 3.98. The third kappa shape index (κ3) is 3.31. The Morgan fingerprint density at radius 1 is 1.38 bits per heavy atom. The summed E-state index contributed by atoms with van der Waals surface area (Å²) in [6.07, 6.45) is 4.77. The van der Waals surface area contributed by atoms with Gasteiger partial charge in [-0.05, 0) is 49.3 Å². The predicted octanol–water partition coefficient (Wildman–Crippen LogP) is 2.59. The first-order valence-electron chi connectivity index (χ1n) is 8.65. The first kappa shape index (κ1) is 17.0. The van der Waals surface area contributed by atoms with Crippen LogP contribution < -0.4 is 0 Å². The van der Waals surface area contributed by atoms with Gasteiger partial charge in [-0.15, -0.1) is 0 Å². The van der Waals surface area contributed by atoms with Gasteiger partial charge < -0.3 is 14.7 Å². The topological polar surface area (TPSA) is 66.8 Å². The molecule has 1 aliphatic carbocycles. The Labute approximate surface area is 142 Å². The van der Waals surface area contributed by atoms with Gasteiger partial charge in [0.05, 0.1) is 17.6 Å². The lowest BCUT2D eigenvalue weighted by molar-refractivity contribution is -0.151. The number of carboxylic acids is 1. The lowest BCUT2D eigenvalue weighted by Gasteiger charge is -2.42. The van der Waals surface area contributed by atoms with Crippen LogP contribution in [0.3, 0.4) is 0 Å². The van der Waals surface area contributed by atoms with E-state index in [2.05, 4.69) is 0 Å². The third-order valence-corrected chi connectivity index (χ3v) is 5.46. The van der Waals surface area contributed by atoms with Crippen LogP contribution in [-0.2, 0) is 16.0 Å². The van der Waals surface area contributed by atoms with E-state index in [1.165, 1.54) is 0 Å². The number of hydrogen-bond donors (Lipinski definition) is 1. The molecule has 0 unspecified atom stereocenters. The van der Waals surface area contributed by atoms with Crippen LogP contribution in [-0.4, -0.2) is 48.7 Å². The molecule has 2 fully saturated rings. The molecule has 0 bridgehead atoms. The summed E-state index contributed by atoms with van der Waals surface area (Å²) in [6, 6.07) is 7.11. The average Bonchev–Trinajstić information content (AvgIpc) is 2.99. The number of hydrogen-bond acceptors (Lipinski definition) is 3. The highest BCUT2D eigenvalue weighted by molar-refractivity contribution is 5.87. The average molecular weight is 331 g/mol. The van der Waals surface area contributed by atoms with Crippen LogP contribution in [0.4, 0.5) is 0 Å². The van der Waals surface area contributed by atoms with Gasteiger partial charge >= 0.3 is 5.97 Å². The molecule has 5 heteroatoms. The van der Waals surface area contributed by atoms with Gasteiger partial charge in [0.2, 0.25) is 5.91 Å². The van der Waals surface area contributed by atoms with Crippen molar-refractivity contribution < 1.29 is 19.4 Å². The number of methoxy groups -OCH3 is 1. The molecule has 1 saturated carbocycles. The number of likely N-dealkylation sites (tertiary alicyclic amines) is 1. The van der Waals surface area contributed by atoms with Gasteiger partial charge in [-0.3, -0.25) is 4.79 Å². The summed E-state index contributed by atoms with van der Waals surface area (Å²) in [6.45, 7) is 2.09. The van der Waals surface area contributed by atoms with E-state index in [0.29, 0.717) is 18.1 Å². The maximum atomic E-state index is 12.8. The number of amides is 1. The first-order chi connectivity index (χ1) is 11.5. The quantitative estimate of drug-likeness (QED) is 0.870. The maximum absolute atomic E-state index is 12.8. The minimum absolute atomic E-state index is 0.248. The highest BCUT2D eigenvalue weighted by atomic mass is 16.5. The second kappa shape index (κ2) is 6.93. The molecule has 1 aliphatic heterocycles. The maximum Gasteiger partial charge on any atom is 0.335 e. The van der Waals surface area contributed by atoms with Gasteiger partial charge in [-0.1, -0.05) is 18.6 Å². The van der Waals surface area contributed by atoms with Crippen LogP contribution >= 0.6 is 0 Å². The molecule has 0 aromatic heterocycles. The Kier molecular flexibility index (Phi) is 4.90. The largest absolute Gasteiger partial charge is 0.478 e. The van der Waals surface area contributed by atoms with E-state index in [9.17, 15) is 9.59 Å². The fraction of sp³-hybridized carbons (Fsp3) is 0.579. The normalized spacial score (nSPS) is 22.2. The summed E-state index contributed by atoms with van der Waals surface area (Å²) in [5.41, 5.74) is 1.07. The molecule has 1 amide bonds. The molecular formula is C19H25NO4. The summed E-state index contributed by atoms with van der Waals surface area (Å²) in [5, 5.41) is 9.09. The number of ether oxygens (including phenoxy) is 1. The molecule has 1 atom stereocenters. The van der Waals surface area contributed by atoms with Crippen molar-refractivity contribution in [3.8, 4) is 0 Å². The predicted molar refractivity (Wildman–Crippen MR) is 90.0 cm³/mol. The molecule has 5 nitrogen and oxygen atoms in total. The van der Waals surface area contributed by atoms with Crippen LogP contribution in [0.5, 0.6) is 0 Å². The highest BCUT2D eigenvalue weighted by Crippen LogP contribution is 2.43. The Hall–Kier alpha value is -1.88. The van der Waals surface area contributed by atoms with Crippen molar-refractivity contribution in [2.45, 2.75) is 32.1 Å². The van der Waals surface area contributed by atoms with Gasteiger partial charge in [0.25, 0.3) is 0 Å². The van der Waals surface area contributed by atoms with Crippen LogP contribution in [0.1, 0.15) is 41.6 Å². The zero-order valence-electron chi connectivity index (χ0n) is 14.2. The number of carbonyl (C=O) groups excluding carboxylic acids is 1. The Morgan fingerprint density at radius 3 is 2.79 bits per heavy atom. The molecule has 0 radical (unpaired) electrons. The lowest BCUT2D eigenvalue weighted by atomic mass is 9.68. The monoisotopic (exact) mass is 331 g/mol. The molecule has 1 saturated heterocycles. The van der Waals surface area contributed by atoms with Crippen molar-refractivity contribution in [1.82, 2.24) is 4.90 Å². The number of benzene rings is 1. The number of rotatable bonds is 6. The van der Waals surface area contributed by atoms with Gasteiger partial charge in [-0.25, -0.2) is 4.79 Å². The van der Waals surface area contributed by atoms with Crippen LogP contribution in [0.25, 0.3) is 0 Å². The van der Waals surface area contributed by atoms with Gasteiger partial charge in [0.15, 0.2) is 0 Å². The Balaban J connectivity index is 1.60. The lowest BCUT2D eigenvalue weighted by Crippen LogP contribution is -2.49. The van der Waals surface area contributed by atoms with Crippen LogP contribution in [0, 0.1) is 11.3 Å². The van der Waals surface area contributed by atoms with E-state index in [1.807, 2.05) is 11.0 Å². The van der Waals surface area contributed by atoms with E-state index in [1.54, 1.807) is 25.3 Å². The summed E-state index contributed by atoms with van der Waals surface area (Å²) in [5.74, 6) is -0.248. The molecule has 1 aromatic carbocycles. The number of carboxylic acid groups (broad SMARTS) is 1. The molecular weight excluding hydrogens is 306 g/mol. The second-order valence-electron chi connectivity index (χ2n) is 7.18. The molecule has 1 N–H and O–H groups in total. The SMILES string of the molecule is COCC1(C(=O)N2CC[C@H](Cc3cccc(C(=O)O)c3)C2)CCC1. The van der Waals surface area contributed by atoms with E-state index in [4.69, 9.17) is 9.84 Å². The van der Waals surface area contributed by atoms with E-state index >= 15 is 0 Å². The molecule has 24 heavy (non-hydrogen) atoms. The standard InChI is InChI=1S/C19H25NO4/c1-24-13-19(7-3-8-19)18(23)20-9-6-15(12-20)10-14-4-2-5-16(11-14)17(21)22/h2,4-5,11,15H,3,6-10,12-13H2,1H3,(H,21,22)/t15-/m1/s1. The van der Waals surface area contributed by atoms with Gasteiger partial charge in [-0.2, -0.15) is 0 Å². The van der Waals surface area contributed by atoms with Crippen LogP contribution in [0.2, 0.25) is 0 Å². The van der Waals surface area contributed by atoms with Gasteiger partial charge in [0.1, 0.15) is 0 Å². The van der Waals surface area contributed by atoms with Crippen molar-refractivity contribution in [1.29, 1.82) is 0 Å². The van der Waals surface area contributed by atoms with Crippen molar-refractivity contribution in [3.05, 3.63) is 35.4 Å². The molecule has 1 aromatic rings. The molecule has 1 heterocycles. The molecule has 3 rings (SSSR count). The van der Waals surface area contributed by atoms with Gasteiger partial charge in [0, 0.05) is 20.2 Å². The van der Waals surface area contributed by atoms with E-state index in [0.717, 1.165) is 50.8 Å². The first-order valence-corrected chi connectivity index (χ1v) is 8.65. The summed E-state index contributed by atoms with van der Waals surface area (Å²) in [7, 11) is 1.66. The minimum atomic E-state index is -0.897. The number of aromatic carboxylic acids is 1. The summed E-state index contributed by atoms with van der Waals surface area (Å²) in [4.78, 5) is 25.9. The zero-order valence-corrected chi connectivity index (χ0v) is 14.2. The highest BCUT2D eigenvalue weighted by Gasteiger charge is 2.47. The van der Waals surface area contributed by atoms with Crippen molar-refractivity contribution in [3.63, 3.8) is 0 Å². The Morgan fingerprint density at radius 2 is 2.17 bits per heavy atom. The van der Waals surface area contributed by atoms with E-state index in [-0.39, 0.29) is 11.3 Å². The van der Waals surface area contributed by atoms with Crippen molar-refractivity contribution in [2.75, 3.05) is 26.8 Å². The summed E-state index contributed by atoms with van der Waals surface area (Å²) >= 11 is 0. The fourth-order valence-corrected chi connectivity index (χ4v) is 3.98. The van der Waals surface area contributed by atoms with Crippen LogP contribution in [0.15, 0.2) is 24.3 Å².